The van der Waals surface area contributed by atoms with Gasteiger partial charge in [0, 0.05) is 11.5 Å². The third kappa shape index (κ3) is 2.65. The summed E-state index contributed by atoms with van der Waals surface area (Å²) in [6.45, 7) is 0.179. The van der Waals surface area contributed by atoms with Crippen LogP contribution in [0.1, 0.15) is 40.5 Å². The molecule has 1 aromatic heterocycles. The van der Waals surface area contributed by atoms with E-state index in [0.29, 0.717) is 11.5 Å². The van der Waals surface area contributed by atoms with Crippen molar-refractivity contribution in [3.05, 3.63) is 47.5 Å². The number of hydrogen-bond donors (Lipinski definition) is 1. The van der Waals surface area contributed by atoms with Crippen LogP contribution in [0.5, 0.6) is 0 Å². The number of hydrogen-bond acceptors (Lipinski definition) is 6. The minimum atomic E-state index is -3.81. The highest BCUT2D eigenvalue weighted by atomic mass is 32.2. The van der Waals surface area contributed by atoms with E-state index in [2.05, 4.69) is 14.7 Å². The second kappa shape index (κ2) is 5.02. The van der Waals surface area contributed by atoms with Gasteiger partial charge in [-0.05, 0) is 25.0 Å². The summed E-state index contributed by atoms with van der Waals surface area (Å²) >= 11 is 0. The number of cyclic esters (lactones) is 1. The van der Waals surface area contributed by atoms with E-state index in [0.717, 1.165) is 18.7 Å². The highest BCUT2D eigenvalue weighted by Crippen LogP contribution is 2.37. The molecule has 0 amide bonds. The zero-order valence-corrected chi connectivity index (χ0v) is 12.8. The Morgan fingerprint density at radius 2 is 1.91 bits per heavy atom. The van der Waals surface area contributed by atoms with Gasteiger partial charge in [0.25, 0.3) is 10.0 Å². The Morgan fingerprint density at radius 3 is 2.61 bits per heavy atom. The first-order valence-corrected chi connectivity index (χ1v) is 8.66. The quantitative estimate of drug-likeness (QED) is 0.858. The Labute approximate surface area is 132 Å². The van der Waals surface area contributed by atoms with Crippen LogP contribution in [-0.4, -0.2) is 24.4 Å². The second-order valence-corrected chi connectivity index (χ2v) is 7.29. The van der Waals surface area contributed by atoms with Gasteiger partial charge in [-0.2, -0.15) is 0 Å². The number of ether oxygens (including phenoxy) is 1. The lowest BCUT2D eigenvalue weighted by Gasteiger charge is -2.08. The number of fused-ring (bicyclic) bond motifs is 1. The Morgan fingerprint density at radius 1 is 1.17 bits per heavy atom. The first-order chi connectivity index (χ1) is 11.0. The average Bonchev–Trinajstić information content (AvgIpc) is 3.32. The molecule has 0 bridgehead atoms. The van der Waals surface area contributed by atoms with E-state index >= 15 is 0 Å². The van der Waals surface area contributed by atoms with Gasteiger partial charge in [0.1, 0.15) is 12.4 Å². The summed E-state index contributed by atoms with van der Waals surface area (Å²) in [4.78, 5) is 19.9. The highest BCUT2D eigenvalue weighted by Gasteiger charge is 2.27. The molecule has 23 heavy (non-hydrogen) atoms. The number of anilines is 1. The van der Waals surface area contributed by atoms with Gasteiger partial charge in [-0.25, -0.2) is 23.2 Å². The molecule has 0 radical (unpaired) electrons. The maximum atomic E-state index is 12.4. The summed E-state index contributed by atoms with van der Waals surface area (Å²) < 4.78 is 32.1. The number of sulfonamides is 1. The van der Waals surface area contributed by atoms with Crippen molar-refractivity contribution in [3.8, 4) is 0 Å². The Kier molecular flexibility index (Phi) is 3.08. The van der Waals surface area contributed by atoms with Crippen molar-refractivity contribution in [2.45, 2.75) is 30.3 Å². The number of esters is 1. The maximum absolute atomic E-state index is 12.4. The molecule has 118 valence electrons. The van der Waals surface area contributed by atoms with Gasteiger partial charge in [0.05, 0.1) is 28.5 Å². The lowest BCUT2D eigenvalue weighted by molar-refractivity contribution is 0.0535. The molecule has 7 nitrogen and oxygen atoms in total. The molecule has 0 atom stereocenters. The first-order valence-electron chi connectivity index (χ1n) is 7.18. The van der Waals surface area contributed by atoms with E-state index in [1.807, 2.05) is 0 Å². The van der Waals surface area contributed by atoms with E-state index in [4.69, 9.17) is 4.74 Å². The number of carbonyl (C=O) groups excluding carboxylic acids is 1. The van der Waals surface area contributed by atoms with Gasteiger partial charge in [-0.3, -0.25) is 4.72 Å². The van der Waals surface area contributed by atoms with E-state index < -0.39 is 16.0 Å². The minimum Gasteiger partial charge on any atom is -0.457 e. The van der Waals surface area contributed by atoms with Gasteiger partial charge in [0.15, 0.2) is 0 Å². The summed E-state index contributed by atoms with van der Waals surface area (Å²) in [6, 6.07) is 4.36. The summed E-state index contributed by atoms with van der Waals surface area (Å²) in [5.41, 5.74) is 1.26. The van der Waals surface area contributed by atoms with Gasteiger partial charge in [-0.15, -0.1) is 0 Å². The van der Waals surface area contributed by atoms with Gasteiger partial charge in [0.2, 0.25) is 0 Å². The summed E-state index contributed by atoms with van der Waals surface area (Å²) in [6.07, 6.45) is 5.08. The van der Waals surface area contributed by atoms with Crippen LogP contribution >= 0.6 is 0 Å². The smallest absolute Gasteiger partial charge is 0.338 e. The number of carbonyl (C=O) groups is 1. The summed E-state index contributed by atoms with van der Waals surface area (Å²) in [7, 11) is -3.81. The van der Waals surface area contributed by atoms with Gasteiger partial charge in [-0.1, -0.05) is 6.07 Å². The molecule has 1 saturated carbocycles. The van der Waals surface area contributed by atoms with E-state index in [1.54, 1.807) is 6.07 Å². The van der Waals surface area contributed by atoms with Crippen molar-refractivity contribution in [3.63, 3.8) is 0 Å². The fraction of sp³-hybridized carbons (Fsp3) is 0.267. The second-order valence-electron chi connectivity index (χ2n) is 5.60. The van der Waals surface area contributed by atoms with Crippen LogP contribution in [0.2, 0.25) is 0 Å². The molecule has 4 rings (SSSR count). The molecule has 8 heteroatoms. The van der Waals surface area contributed by atoms with E-state index in [9.17, 15) is 13.2 Å². The molecule has 1 aromatic carbocycles. The Balaban J connectivity index is 1.60. The molecule has 1 aliphatic carbocycles. The lowest BCUT2D eigenvalue weighted by Crippen LogP contribution is -2.14. The van der Waals surface area contributed by atoms with Crippen molar-refractivity contribution in [2.75, 3.05) is 4.72 Å². The fourth-order valence-corrected chi connectivity index (χ4v) is 3.47. The minimum absolute atomic E-state index is 0.00127. The van der Waals surface area contributed by atoms with Crippen LogP contribution in [0, 0.1) is 0 Å². The number of nitrogens with zero attached hydrogens (tertiary/aromatic N) is 2. The molecule has 0 unspecified atom stereocenters. The maximum Gasteiger partial charge on any atom is 0.338 e. The van der Waals surface area contributed by atoms with Crippen LogP contribution in [-0.2, 0) is 21.4 Å². The van der Waals surface area contributed by atoms with Crippen molar-refractivity contribution in [2.24, 2.45) is 0 Å². The average molecular weight is 331 g/mol. The van der Waals surface area contributed by atoms with Crippen LogP contribution in [0.3, 0.4) is 0 Å². The van der Waals surface area contributed by atoms with Crippen molar-refractivity contribution >= 4 is 21.7 Å². The van der Waals surface area contributed by atoms with E-state index in [-0.39, 0.29) is 22.8 Å². The number of aromatic nitrogens is 2. The molecule has 2 heterocycles. The first kappa shape index (κ1) is 14.1. The molecule has 1 fully saturated rings. The molecule has 2 aromatic rings. The fourth-order valence-electron chi connectivity index (χ4n) is 2.42. The SMILES string of the molecule is O=C1OCc2ccc(S(=O)(=O)Nc3cnc(C4CC4)nc3)cc21. The predicted molar refractivity (Wildman–Crippen MR) is 80.4 cm³/mol. The predicted octanol–water partition coefficient (Wildman–Crippen LogP) is 1.83. The molecular formula is C15H13N3O4S. The van der Waals surface area contributed by atoms with Gasteiger partial charge >= 0.3 is 5.97 Å². The number of rotatable bonds is 4. The normalized spacial score (nSPS) is 16.8. The van der Waals surface area contributed by atoms with Crippen LogP contribution < -0.4 is 4.72 Å². The van der Waals surface area contributed by atoms with Gasteiger partial charge < -0.3 is 4.74 Å². The topological polar surface area (TPSA) is 98.2 Å². The largest absolute Gasteiger partial charge is 0.457 e. The monoisotopic (exact) mass is 331 g/mol. The molecule has 0 spiro atoms. The molecule has 2 aliphatic rings. The van der Waals surface area contributed by atoms with Crippen LogP contribution in [0.25, 0.3) is 0 Å². The Bertz CT molecular complexity index is 889. The van der Waals surface area contributed by atoms with Crippen molar-refractivity contribution in [1.82, 2.24) is 9.97 Å². The molecule has 1 aliphatic heterocycles. The van der Waals surface area contributed by atoms with Crippen molar-refractivity contribution < 1.29 is 17.9 Å². The molecule has 0 saturated heterocycles. The lowest BCUT2D eigenvalue weighted by atomic mass is 10.1. The van der Waals surface area contributed by atoms with E-state index in [1.165, 1.54) is 24.5 Å². The zero-order valence-electron chi connectivity index (χ0n) is 12.0. The Hall–Kier alpha value is -2.48. The summed E-state index contributed by atoms with van der Waals surface area (Å²) in [5, 5.41) is 0. The van der Waals surface area contributed by atoms with Crippen molar-refractivity contribution in [1.29, 1.82) is 0 Å². The molecule has 1 N–H and O–H groups in total. The zero-order chi connectivity index (χ0) is 16.0. The van der Waals surface area contributed by atoms with Crippen LogP contribution in [0.15, 0.2) is 35.5 Å². The molecular weight excluding hydrogens is 318 g/mol. The highest BCUT2D eigenvalue weighted by molar-refractivity contribution is 7.92. The number of nitrogens with one attached hydrogen (secondary N) is 1. The third-order valence-electron chi connectivity index (χ3n) is 3.84. The standard InChI is InChI=1S/C15H13N3O4S/c19-15-13-5-12(4-3-10(13)8-22-15)23(20,21)18-11-6-16-14(17-7-11)9-1-2-9/h3-7,9,18H,1-2,8H2. The van der Waals surface area contributed by atoms with Crippen LogP contribution in [0.4, 0.5) is 5.69 Å². The number of benzene rings is 1. The summed E-state index contributed by atoms with van der Waals surface area (Å²) in [5.74, 6) is 0.644. The third-order valence-corrected chi connectivity index (χ3v) is 5.22.